The lowest BCUT2D eigenvalue weighted by molar-refractivity contribution is -0.130. The average Bonchev–Trinajstić information content (AvgIpc) is 3.14. The number of carbonyl (C=O) groups excluding carboxylic acids is 3. The van der Waals surface area contributed by atoms with Gasteiger partial charge in [-0.15, -0.1) is 0 Å². The molecule has 6 N–H and O–H groups in total. The summed E-state index contributed by atoms with van der Waals surface area (Å²) in [6.45, 7) is 8.15. The molecule has 0 radical (unpaired) electrons. The van der Waals surface area contributed by atoms with E-state index in [1.807, 2.05) is 58.2 Å². The van der Waals surface area contributed by atoms with Crippen LogP contribution in [0.2, 0.25) is 0 Å². The molecule has 2 atom stereocenters. The van der Waals surface area contributed by atoms with Gasteiger partial charge < -0.3 is 26.7 Å². The third-order valence-corrected chi connectivity index (χ3v) is 5.40. The fraction of sp³-hybridized carbons (Fsp3) is 0.542. The highest BCUT2D eigenvalue weighted by Crippen LogP contribution is 2.20. The minimum absolute atomic E-state index is 0.0117. The Balaban J connectivity index is 2.09. The summed E-state index contributed by atoms with van der Waals surface area (Å²) >= 11 is 0. The average molecular weight is 444 g/mol. The van der Waals surface area contributed by atoms with Crippen molar-refractivity contribution >= 4 is 28.6 Å². The van der Waals surface area contributed by atoms with Crippen molar-refractivity contribution in [1.29, 1.82) is 0 Å². The number of unbranched alkanes of at least 4 members (excludes halogenated alkanes) is 1. The van der Waals surface area contributed by atoms with E-state index in [1.54, 1.807) is 0 Å². The number of aromatic nitrogens is 1. The van der Waals surface area contributed by atoms with Crippen LogP contribution in [-0.4, -0.2) is 47.4 Å². The van der Waals surface area contributed by atoms with E-state index >= 15 is 0 Å². The molecule has 0 aliphatic rings. The first kappa shape index (κ1) is 25.4. The first-order valence-electron chi connectivity index (χ1n) is 11.4. The predicted molar refractivity (Wildman–Crippen MR) is 127 cm³/mol. The van der Waals surface area contributed by atoms with Gasteiger partial charge in [0.05, 0.1) is 12.1 Å². The fourth-order valence-corrected chi connectivity index (χ4v) is 3.80. The molecule has 0 spiro atoms. The summed E-state index contributed by atoms with van der Waals surface area (Å²) < 4.78 is 0. The number of nitrogens with two attached hydrogens (primary N) is 1. The van der Waals surface area contributed by atoms with Gasteiger partial charge in [0.25, 0.3) is 0 Å². The zero-order valence-electron chi connectivity index (χ0n) is 19.5. The van der Waals surface area contributed by atoms with Crippen molar-refractivity contribution in [1.82, 2.24) is 20.9 Å². The number of para-hydroxylation sites is 1. The molecule has 0 bridgehead atoms. The van der Waals surface area contributed by atoms with E-state index in [2.05, 4.69) is 20.9 Å². The van der Waals surface area contributed by atoms with Crippen molar-refractivity contribution in [2.24, 2.45) is 11.7 Å². The van der Waals surface area contributed by atoms with Gasteiger partial charge in [-0.2, -0.15) is 0 Å². The molecule has 0 saturated heterocycles. The van der Waals surface area contributed by atoms with Crippen LogP contribution >= 0.6 is 0 Å². The second kappa shape index (κ2) is 12.2. The van der Waals surface area contributed by atoms with E-state index in [1.165, 1.54) is 0 Å². The first-order chi connectivity index (χ1) is 15.2. The van der Waals surface area contributed by atoms with Crippen LogP contribution in [0.15, 0.2) is 30.5 Å². The van der Waals surface area contributed by atoms with Gasteiger partial charge in [0.1, 0.15) is 0 Å². The Morgan fingerprint density at radius 3 is 2.41 bits per heavy atom. The zero-order chi connectivity index (χ0) is 23.7. The maximum Gasteiger partial charge on any atom is 0.312 e. The molecule has 3 amide bonds. The van der Waals surface area contributed by atoms with Crippen LogP contribution in [0.1, 0.15) is 52.5 Å². The molecular weight excluding hydrogens is 406 g/mol. The minimum Gasteiger partial charge on any atom is -0.361 e. The maximum absolute atomic E-state index is 13.2. The van der Waals surface area contributed by atoms with Crippen LogP contribution in [0.25, 0.3) is 10.9 Å². The predicted octanol–water partition coefficient (Wildman–Crippen LogP) is 2.63. The Labute approximate surface area is 190 Å². The van der Waals surface area contributed by atoms with Crippen molar-refractivity contribution in [2.75, 3.05) is 6.54 Å². The molecule has 32 heavy (non-hydrogen) atoms. The van der Waals surface area contributed by atoms with Crippen LogP contribution in [0.3, 0.4) is 0 Å². The quantitative estimate of drug-likeness (QED) is 0.305. The van der Waals surface area contributed by atoms with Crippen LogP contribution in [0, 0.1) is 5.92 Å². The van der Waals surface area contributed by atoms with Gasteiger partial charge in [0.15, 0.2) is 5.78 Å². The number of hydrogen-bond acceptors (Lipinski definition) is 4. The molecule has 0 fully saturated rings. The molecule has 1 aromatic carbocycles. The standard InChI is InChI=1S/C24H37N5O3/c1-15(2)22(30)21(13-17-14-27-19-10-6-5-9-18(17)19)29-23(31)20(28-16(3)4)11-7-8-12-26-24(25)32/h5-6,9-10,14-16,20-21,27-28H,7-8,11-13H2,1-4H3,(H,29,31)(H3,25,26,32)/t20-,21-/m0/s1. The molecule has 0 saturated carbocycles. The Morgan fingerprint density at radius 1 is 1.03 bits per heavy atom. The highest BCUT2D eigenvalue weighted by molar-refractivity contribution is 5.93. The Bertz CT molecular complexity index is 906. The van der Waals surface area contributed by atoms with Crippen molar-refractivity contribution in [3.63, 3.8) is 0 Å². The van der Waals surface area contributed by atoms with Gasteiger partial charge in [-0.1, -0.05) is 45.9 Å². The third kappa shape index (κ3) is 7.67. The van der Waals surface area contributed by atoms with Crippen LogP contribution < -0.4 is 21.7 Å². The fourth-order valence-electron chi connectivity index (χ4n) is 3.80. The van der Waals surface area contributed by atoms with Crippen LogP contribution in [-0.2, 0) is 16.0 Å². The van der Waals surface area contributed by atoms with Gasteiger partial charge in [-0.05, 0) is 30.9 Å². The van der Waals surface area contributed by atoms with Crippen LogP contribution in [0.4, 0.5) is 4.79 Å². The molecule has 0 aliphatic carbocycles. The largest absolute Gasteiger partial charge is 0.361 e. The highest BCUT2D eigenvalue weighted by Gasteiger charge is 2.28. The number of ketones is 1. The molecular formula is C24H37N5O3. The molecule has 176 valence electrons. The minimum atomic E-state index is -0.602. The number of H-pyrrole nitrogens is 1. The SMILES string of the molecule is CC(C)N[C@@H](CCCCNC(N)=O)C(=O)N[C@@H](Cc1c[nH]c2ccccc12)C(=O)C(C)C. The molecule has 2 rings (SSSR count). The summed E-state index contributed by atoms with van der Waals surface area (Å²) in [4.78, 5) is 40.1. The number of primary amides is 1. The van der Waals surface area contributed by atoms with E-state index in [0.717, 1.165) is 29.3 Å². The summed E-state index contributed by atoms with van der Waals surface area (Å²) in [5, 5.41) is 9.93. The molecule has 1 heterocycles. The molecule has 2 aromatic rings. The first-order valence-corrected chi connectivity index (χ1v) is 11.4. The van der Waals surface area contributed by atoms with Gasteiger partial charge in [0, 0.05) is 42.0 Å². The number of Topliss-reactive ketones (excluding diaryl/α,β-unsaturated/α-hetero) is 1. The normalized spacial score (nSPS) is 13.3. The van der Waals surface area contributed by atoms with Crippen LogP contribution in [0.5, 0.6) is 0 Å². The Hall–Kier alpha value is -2.87. The number of hydrogen-bond donors (Lipinski definition) is 5. The number of amides is 3. The monoisotopic (exact) mass is 443 g/mol. The van der Waals surface area contributed by atoms with E-state index in [0.29, 0.717) is 19.4 Å². The van der Waals surface area contributed by atoms with Crippen molar-refractivity contribution in [3.05, 3.63) is 36.0 Å². The number of benzene rings is 1. The smallest absolute Gasteiger partial charge is 0.312 e. The van der Waals surface area contributed by atoms with Crippen molar-refractivity contribution in [2.45, 2.75) is 71.5 Å². The van der Waals surface area contributed by atoms with Crippen molar-refractivity contribution in [3.8, 4) is 0 Å². The lowest BCUT2D eigenvalue weighted by Crippen LogP contribution is -2.53. The van der Waals surface area contributed by atoms with Gasteiger partial charge >= 0.3 is 6.03 Å². The topological polar surface area (TPSA) is 129 Å². The summed E-state index contributed by atoms with van der Waals surface area (Å²) in [5.74, 6) is -0.361. The number of rotatable bonds is 13. The molecule has 8 heteroatoms. The van der Waals surface area contributed by atoms with Gasteiger partial charge in [0.2, 0.25) is 5.91 Å². The molecule has 1 aromatic heterocycles. The molecule has 8 nitrogen and oxygen atoms in total. The van der Waals surface area contributed by atoms with E-state index < -0.39 is 18.1 Å². The second-order valence-corrected chi connectivity index (χ2v) is 8.84. The van der Waals surface area contributed by atoms with E-state index in [4.69, 9.17) is 5.73 Å². The zero-order valence-corrected chi connectivity index (χ0v) is 19.5. The number of urea groups is 1. The summed E-state index contributed by atoms with van der Waals surface area (Å²) in [6.07, 6.45) is 4.40. The molecule has 0 aliphatic heterocycles. The van der Waals surface area contributed by atoms with Gasteiger partial charge in [-0.25, -0.2) is 4.79 Å². The Kier molecular flexibility index (Phi) is 9.71. The third-order valence-electron chi connectivity index (χ3n) is 5.40. The van der Waals surface area contributed by atoms with E-state index in [9.17, 15) is 14.4 Å². The number of nitrogens with one attached hydrogen (secondary N) is 4. The molecule has 0 unspecified atom stereocenters. The van der Waals surface area contributed by atoms with E-state index in [-0.39, 0.29) is 23.7 Å². The summed E-state index contributed by atoms with van der Waals surface area (Å²) in [7, 11) is 0. The highest BCUT2D eigenvalue weighted by atomic mass is 16.2. The summed E-state index contributed by atoms with van der Waals surface area (Å²) in [6, 6.07) is 6.48. The number of carbonyl (C=O) groups is 3. The second-order valence-electron chi connectivity index (χ2n) is 8.84. The Morgan fingerprint density at radius 2 is 1.75 bits per heavy atom. The number of fused-ring (bicyclic) bond motifs is 1. The lowest BCUT2D eigenvalue weighted by atomic mass is 9.95. The van der Waals surface area contributed by atoms with Crippen molar-refractivity contribution < 1.29 is 14.4 Å². The lowest BCUT2D eigenvalue weighted by Gasteiger charge is -2.25. The maximum atomic E-state index is 13.2. The summed E-state index contributed by atoms with van der Waals surface area (Å²) in [5.41, 5.74) is 7.10. The number of aromatic amines is 1. The van der Waals surface area contributed by atoms with Gasteiger partial charge in [-0.3, -0.25) is 9.59 Å².